The van der Waals surface area contributed by atoms with Crippen molar-refractivity contribution in [3.05, 3.63) is 59.9 Å². The van der Waals surface area contributed by atoms with Crippen LogP contribution in [0.3, 0.4) is 0 Å². The Morgan fingerprint density at radius 1 is 0.818 bits per heavy atom. The van der Waals surface area contributed by atoms with Gasteiger partial charge in [-0.05, 0) is 41.5 Å². The van der Waals surface area contributed by atoms with Crippen LogP contribution in [0.2, 0.25) is 0 Å². The molecule has 0 amide bonds. The van der Waals surface area contributed by atoms with E-state index in [1.807, 2.05) is 0 Å². The summed E-state index contributed by atoms with van der Waals surface area (Å²) in [6.45, 7) is 0. The Bertz CT molecular complexity index is 906. The van der Waals surface area contributed by atoms with Gasteiger partial charge in [0.05, 0.1) is 22.2 Å². The van der Waals surface area contributed by atoms with Gasteiger partial charge < -0.3 is 10.2 Å². The molecule has 0 aliphatic rings. The van der Waals surface area contributed by atoms with Crippen molar-refractivity contribution in [3.8, 4) is 11.1 Å². The Labute approximate surface area is 124 Å². The second-order valence-corrected chi connectivity index (χ2v) is 4.63. The van der Waals surface area contributed by atoms with E-state index in [0.717, 1.165) is 0 Å². The third kappa shape index (κ3) is 2.37. The lowest BCUT2D eigenvalue weighted by atomic mass is 9.97. The number of benzene rings is 2. The summed E-state index contributed by atoms with van der Waals surface area (Å²) in [5.41, 5.74) is 2.26. The normalized spacial score (nSPS) is 10.5. The SMILES string of the molecule is O=C(O)c1ccc(C(=O)O)c(-c2ccc3nccnc3c2)c1. The number of carbonyl (C=O) groups is 2. The number of nitrogens with zero attached hydrogens (tertiary/aromatic N) is 2. The molecule has 6 nitrogen and oxygen atoms in total. The third-order valence-corrected chi connectivity index (χ3v) is 3.28. The van der Waals surface area contributed by atoms with Crippen LogP contribution in [-0.2, 0) is 0 Å². The first-order chi connectivity index (χ1) is 10.6. The lowest BCUT2D eigenvalue weighted by molar-refractivity contribution is 0.0682. The van der Waals surface area contributed by atoms with Crippen LogP contribution in [0.25, 0.3) is 22.2 Å². The molecule has 3 rings (SSSR count). The number of rotatable bonds is 3. The molecule has 1 heterocycles. The molecule has 2 aromatic carbocycles. The van der Waals surface area contributed by atoms with Gasteiger partial charge in [0.2, 0.25) is 0 Å². The maximum atomic E-state index is 11.4. The molecule has 0 bridgehead atoms. The first kappa shape index (κ1) is 13.7. The Morgan fingerprint density at radius 3 is 2.23 bits per heavy atom. The van der Waals surface area contributed by atoms with E-state index in [9.17, 15) is 14.7 Å². The van der Waals surface area contributed by atoms with E-state index in [4.69, 9.17) is 5.11 Å². The molecule has 22 heavy (non-hydrogen) atoms. The van der Waals surface area contributed by atoms with E-state index >= 15 is 0 Å². The number of hydrogen-bond acceptors (Lipinski definition) is 4. The van der Waals surface area contributed by atoms with Gasteiger partial charge in [-0.1, -0.05) is 6.07 Å². The summed E-state index contributed by atoms with van der Waals surface area (Å²) in [6.07, 6.45) is 3.10. The van der Waals surface area contributed by atoms with E-state index in [1.54, 1.807) is 24.4 Å². The molecule has 3 aromatic rings. The predicted octanol–water partition coefficient (Wildman–Crippen LogP) is 2.69. The zero-order valence-electron chi connectivity index (χ0n) is 11.2. The smallest absolute Gasteiger partial charge is 0.336 e. The second-order valence-electron chi connectivity index (χ2n) is 4.63. The van der Waals surface area contributed by atoms with Crippen molar-refractivity contribution in [1.82, 2.24) is 9.97 Å². The van der Waals surface area contributed by atoms with Crippen molar-refractivity contribution >= 4 is 23.0 Å². The quantitative estimate of drug-likeness (QED) is 0.770. The Hall–Kier alpha value is -3.28. The van der Waals surface area contributed by atoms with Crippen LogP contribution >= 0.6 is 0 Å². The fourth-order valence-corrected chi connectivity index (χ4v) is 2.23. The molecule has 2 N–H and O–H groups in total. The maximum absolute atomic E-state index is 11.4. The maximum Gasteiger partial charge on any atom is 0.336 e. The minimum Gasteiger partial charge on any atom is -0.478 e. The van der Waals surface area contributed by atoms with Crippen molar-refractivity contribution in [3.63, 3.8) is 0 Å². The molecule has 1 aromatic heterocycles. The van der Waals surface area contributed by atoms with Crippen molar-refractivity contribution in [2.45, 2.75) is 0 Å². The number of aromatic nitrogens is 2. The van der Waals surface area contributed by atoms with Gasteiger partial charge in [-0.25, -0.2) is 9.59 Å². The van der Waals surface area contributed by atoms with Crippen molar-refractivity contribution < 1.29 is 19.8 Å². The molecule has 0 saturated heterocycles. The summed E-state index contributed by atoms with van der Waals surface area (Å²) >= 11 is 0. The van der Waals surface area contributed by atoms with Gasteiger partial charge in [0.1, 0.15) is 0 Å². The fourth-order valence-electron chi connectivity index (χ4n) is 2.23. The van der Waals surface area contributed by atoms with Crippen LogP contribution in [-0.4, -0.2) is 32.1 Å². The number of aromatic carboxylic acids is 2. The van der Waals surface area contributed by atoms with Gasteiger partial charge in [-0.3, -0.25) is 9.97 Å². The summed E-state index contributed by atoms with van der Waals surface area (Å²) in [6, 6.07) is 9.03. The molecular weight excluding hydrogens is 284 g/mol. The van der Waals surface area contributed by atoms with Gasteiger partial charge in [0, 0.05) is 12.4 Å². The summed E-state index contributed by atoms with van der Waals surface area (Å²) in [5, 5.41) is 18.4. The fraction of sp³-hybridized carbons (Fsp3) is 0. The second kappa shape index (κ2) is 5.25. The van der Waals surface area contributed by atoms with E-state index in [0.29, 0.717) is 22.2 Å². The summed E-state index contributed by atoms with van der Waals surface area (Å²) < 4.78 is 0. The Kier molecular flexibility index (Phi) is 3.27. The minimum absolute atomic E-state index is 0.0271. The van der Waals surface area contributed by atoms with Gasteiger partial charge in [0.15, 0.2) is 0 Å². The van der Waals surface area contributed by atoms with Crippen LogP contribution < -0.4 is 0 Å². The van der Waals surface area contributed by atoms with Crippen molar-refractivity contribution in [2.24, 2.45) is 0 Å². The highest BCUT2D eigenvalue weighted by molar-refractivity contribution is 6.00. The van der Waals surface area contributed by atoms with Crippen LogP contribution in [0, 0.1) is 0 Å². The van der Waals surface area contributed by atoms with Gasteiger partial charge in [-0.15, -0.1) is 0 Å². The van der Waals surface area contributed by atoms with Crippen molar-refractivity contribution in [1.29, 1.82) is 0 Å². The topological polar surface area (TPSA) is 100 Å². The molecule has 0 aliphatic heterocycles. The molecule has 0 saturated carbocycles. The largest absolute Gasteiger partial charge is 0.478 e. The molecule has 0 radical (unpaired) electrons. The third-order valence-electron chi connectivity index (χ3n) is 3.28. The summed E-state index contributed by atoms with van der Waals surface area (Å²) in [4.78, 5) is 30.8. The molecule has 0 fully saturated rings. The average Bonchev–Trinajstić information content (AvgIpc) is 2.53. The molecule has 6 heteroatoms. The molecule has 0 unspecified atom stereocenters. The Balaban J connectivity index is 2.25. The monoisotopic (exact) mass is 294 g/mol. The van der Waals surface area contributed by atoms with E-state index in [-0.39, 0.29) is 11.1 Å². The molecule has 0 spiro atoms. The van der Waals surface area contributed by atoms with E-state index in [1.165, 1.54) is 24.4 Å². The molecule has 0 atom stereocenters. The highest BCUT2D eigenvalue weighted by Gasteiger charge is 2.15. The van der Waals surface area contributed by atoms with Gasteiger partial charge in [0.25, 0.3) is 0 Å². The Morgan fingerprint density at radius 2 is 1.55 bits per heavy atom. The van der Waals surface area contributed by atoms with Crippen LogP contribution in [0.4, 0.5) is 0 Å². The summed E-state index contributed by atoms with van der Waals surface area (Å²) in [7, 11) is 0. The lowest BCUT2D eigenvalue weighted by Gasteiger charge is -2.08. The average molecular weight is 294 g/mol. The molecule has 108 valence electrons. The summed E-state index contributed by atoms with van der Waals surface area (Å²) in [5.74, 6) is -2.23. The highest BCUT2D eigenvalue weighted by Crippen LogP contribution is 2.27. The van der Waals surface area contributed by atoms with Crippen molar-refractivity contribution in [2.75, 3.05) is 0 Å². The highest BCUT2D eigenvalue weighted by atomic mass is 16.4. The minimum atomic E-state index is -1.12. The number of hydrogen-bond donors (Lipinski definition) is 2. The van der Waals surface area contributed by atoms with Gasteiger partial charge >= 0.3 is 11.9 Å². The van der Waals surface area contributed by atoms with E-state index in [2.05, 4.69) is 9.97 Å². The van der Waals surface area contributed by atoms with Crippen LogP contribution in [0.1, 0.15) is 20.7 Å². The standard InChI is InChI=1S/C16H10N2O4/c19-15(20)10-1-3-11(16(21)22)12(7-10)9-2-4-13-14(8-9)18-6-5-17-13/h1-8H,(H,19,20)(H,21,22). The van der Waals surface area contributed by atoms with Crippen LogP contribution in [0.5, 0.6) is 0 Å². The first-order valence-electron chi connectivity index (χ1n) is 6.38. The van der Waals surface area contributed by atoms with E-state index < -0.39 is 11.9 Å². The predicted molar refractivity (Wildman–Crippen MR) is 78.9 cm³/mol. The molecular formula is C16H10N2O4. The first-order valence-corrected chi connectivity index (χ1v) is 6.38. The lowest BCUT2D eigenvalue weighted by Crippen LogP contribution is -2.03. The number of carboxylic acid groups (broad SMARTS) is 2. The zero-order valence-corrected chi connectivity index (χ0v) is 11.2. The van der Waals surface area contributed by atoms with Gasteiger partial charge in [-0.2, -0.15) is 0 Å². The molecule has 0 aliphatic carbocycles. The van der Waals surface area contributed by atoms with Crippen LogP contribution in [0.15, 0.2) is 48.8 Å². The zero-order chi connectivity index (χ0) is 15.7. The number of carboxylic acids is 2. The number of fused-ring (bicyclic) bond motifs is 1.